The molecule has 3 fully saturated rings. The fourth-order valence-electron chi connectivity index (χ4n) is 6.08. The van der Waals surface area contributed by atoms with Gasteiger partial charge in [-0.05, 0) is 94.8 Å². The highest BCUT2D eigenvalue weighted by molar-refractivity contribution is 5.97. The van der Waals surface area contributed by atoms with E-state index >= 15 is 0 Å². The maximum Gasteiger partial charge on any atom is 0.359 e. The molecule has 1 aromatic heterocycles. The van der Waals surface area contributed by atoms with Crippen LogP contribution in [-0.2, 0) is 14.3 Å². The zero-order chi connectivity index (χ0) is 28.8. The molecule has 1 aromatic carbocycles. The number of benzene rings is 1. The van der Waals surface area contributed by atoms with Crippen LogP contribution in [0, 0.1) is 17.7 Å². The first-order valence-electron chi connectivity index (χ1n) is 14.5. The van der Waals surface area contributed by atoms with Gasteiger partial charge in [0.2, 0.25) is 0 Å². The minimum absolute atomic E-state index is 0.0301. The molecule has 0 atom stereocenters. The third-order valence-electron chi connectivity index (χ3n) is 8.77. The van der Waals surface area contributed by atoms with Gasteiger partial charge in [0.05, 0.1) is 25.6 Å². The maximum atomic E-state index is 13.2. The average Bonchev–Trinajstić information content (AvgIpc) is 3.01. The molecule has 10 nitrogen and oxygen atoms in total. The van der Waals surface area contributed by atoms with E-state index in [2.05, 4.69) is 14.9 Å². The Kier molecular flexibility index (Phi) is 9.24. The number of primary amides is 1. The zero-order valence-electron chi connectivity index (χ0n) is 23.3. The van der Waals surface area contributed by atoms with Gasteiger partial charge in [-0.15, -0.1) is 0 Å². The van der Waals surface area contributed by atoms with Crippen LogP contribution in [0.1, 0.15) is 65.8 Å². The number of piperidine rings is 1. The van der Waals surface area contributed by atoms with Crippen LogP contribution in [0.15, 0.2) is 36.7 Å². The van der Waals surface area contributed by atoms with E-state index in [0.717, 1.165) is 51.7 Å². The largest absolute Gasteiger partial charge is 0.444 e. The lowest BCUT2D eigenvalue weighted by molar-refractivity contribution is -0.142. The predicted octanol–water partition coefficient (Wildman–Crippen LogP) is 3.01. The molecule has 41 heavy (non-hydrogen) atoms. The topological polar surface area (TPSA) is 128 Å². The van der Waals surface area contributed by atoms with Crippen molar-refractivity contribution in [3.63, 3.8) is 0 Å². The molecule has 0 radical (unpaired) electrons. The van der Waals surface area contributed by atoms with Crippen LogP contribution < -0.4 is 10.6 Å². The molecule has 3 aliphatic rings. The van der Waals surface area contributed by atoms with Gasteiger partial charge in [0.25, 0.3) is 5.91 Å². The number of rotatable bonds is 9. The van der Waals surface area contributed by atoms with Gasteiger partial charge in [-0.2, -0.15) is 0 Å². The van der Waals surface area contributed by atoms with Gasteiger partial charge in [0.15, 0.2) is 17.1 Å². The Morgan fingerprint density at radius 2 is 1.66 bits per heavy atom. The number of ketones is 1. The summed E-state index contributed by atoms with van der Waals surface area (Å²) in [7, 11) is 0. The van der Waals surface area contributed by atoms with Crippen molar-refractivity contribution in [2.45, 2.75) is 50.5 Å². The fourth-order valence-corrected chi connectivity index (χ4v) is 6.08. The summed E-state index contributed by atoms with van der Waals surface area (Å²) in [6, 6.07) is 5.79. The van der Waals surface area contributed by atoms with Crippen LogP contribution in [0.3, 0.4) is 0 Å². The van der Waals surface area contributed by atoms with Crippen molar-refractivity contribution in [2.24, 2.45) is 17.6 Å². The molecule has 3 heterocycles. The van der Waals surface area contributed by atoms with Gasteiger partial charge in [-0.1, -0.05) is 0 Å². The fraction of sp³-hybridized carbons (Fsp3) is 0.567. The molecular formula is C30H38FN5O5. The standard InChI is InChI=1S/C30H38FN5O5/c31-24-3-1-22(2-4-24)27(37)23-8-13-35(14-9-23)12-7-21-5-10-30(11-6-21,29(32)39)41-28(38)25-19-34-26(20-33-25)36-15-17-40-18-16-36/h1-4,19-21,23H,5-18H2,(H2,32,39). The Bertz CT molecular complexity index is 1200. The van der Waals surface area contributed by atoms with Crippen LogP contribution in [0.4, 0.5) is 10.2 Å². The van der Waals surface area contributed by atoms with E-state index in [9.17, 15) is 18.8 Å². The number of anilines is 1. The number of aromatic nitrogens is 2. The number of carbonyl (C=O) groups is 3. The smallest absolute Gasteiger partial charge is 0.359 e. The monoisotopic (exact) mass is 567 g/mol. The van der Waals surface area contributed by atoms with Crippen molar-refractivity contribution < 1.29 is 28.2 Å². The molecule has 220 valence electrons. The van der Waals surface area contributed by atoms with Gasteiger partial charge >= 0.3 is 5.97 Å². The molecule has 2 aliphatic heterocycles. The van der Waals surface area contributed by atoms with Crippen LogP contribution >= 0.6 is 0 Å². The molecule has 1 amide bonds. The Morgan fingerprint density at radius 1 is 0.976 bits per heavy atom. The lowest BCUT2D eigenvalue weighted by Crippen LogP contribution is -2.50. The third-order valence-corrected chi connectivity index (χ3v) is 8.77. The number of amides is 1. The van der Waals surface area contributed by atoms with Crippen LogP contribution in [0.5, 0.6) is 0 Å². The molecular weight excluding hydrogens is 529 g/mol. The average molecular weight is 568 g/mol. The number of Topliss-reactive ketones (excluding diaryl/α,β-unsaturated/α-hetero) is 1. The number of hydrogen-bond acceptors (Lipinski definition) is 9. The molecule has 1 aliphatic carbocycles. The number of ether oxygens (including phenoxy) is 2. The molecule has 1 saturated carbocycles. The maximum absolute atomic E-state index is 13.2. The van der Waals surface area contributed by atoms with E-state index in [1.807, 2.05) is 4.90 Å². The van der Waals surface area contributed by atoms with Crippen molar-refractivity contribution in [3.8, 4) is 0 Å². The van der Waals surface area contributed by atoms with E-state index in [1.54, 1.807) is 12.1 Å². The lowest BCUT2D eigenvalue weighted by atomic mass is 9.77. The summed E-state index contributed by atoms with van der Waals surface area (Å²) >= 11 is 0. The van der Waals surface area contributed by atoms with Gasteiger partial charge < -0.3 is 25.0 Å². The first kappa shape index (κ1) is 29.1. The number of nitrogens with zero attached hydrogens (tertiary/aromatic N) is 4. The van der Waals surface area contributed by atoms with Crippen molar-refractivity contribution in [2.75, 3.05) is 50.8 Å². The van der Waals surface area contributed by atoms with E-state index in [0.29, 0.717) is 56.4 Å². The minimum atomic E-state index is -1.34. The van der Waals surface area contributed by atoms with E-state index in [-0.39, 0.29) is 23.2 Å². The van der Waals surface area contributed by atoms with Crippen LogP contribution in [-0.4, -0.2) is 84.1 Å². The number of esters is 1. The molecule has 0 unspecified atom stereocenters. The number of halogens is 1. The van der Waals surface area contributed by atoms with E-state index in [4.69, 9.17) is 15.2 Å². The van der Waals surface area contributed by atoms with Crippen molar-refractivity contribution in [1.29, 1.82) is 0 Å². The molecule has 0 spiro atoms. The Labute approximate surface area is 239 Å². The SMILES string of the molecule is NC(=O)C1(OC(=O)c2cnc(N3CCOCC3)cn2)CCC(CCN2CCC(C(=O)c3ccc(F)cc3)CC2)CC1. The molecule has 11 heteroatoms. The highest BCUT2D eigenvalue weighted by Gasteiger charge is 2.44. The zero-order valence-corrected chi connectivity index (χ0v) is 23.3. The minimum Gasteiger partial charge on any atom is -0.444 e. The Balaban J connectivity index is 1.07. The Morgan fingerprint density at radius 3 is 2.27 bits per heavy atom. The summed E-state index contributed by atoms with van der Waals surface area (Å²) in [5.74, 6) is -0.540. The van der Waals surface area contributed by atoms with Gasteiger partial charge in [-0.25, -0.2) is 19.2 Å². The highest BCUT2D eigenvalue weighted by Crippen LogP contribution is 2.37. The molecule has 0 bridgehead atoms. The van der Waals surface area contributed by atoms with Crippen molar-refractivity contribution in [3.05, 3.63) is 53.7 Å². The molecule has 5 rings (SSSR count). The third kappa shape index (κ3) is 7.08. The number of carbonyl (C=O) groups excluding carboxylic acids is 3. The van der Waals surface area contributed by atoms with Gasteiger partial charge in [-0.3, -0.25) is 9.59 Å². The molecule has 2 N–H and O–H groups in total. The second kappa shape index (κ2) is 13.0. The summed E-state index contributed by atoms with van der Waals surface area (Å²) in [4.78, 5) is 51.1. The lowest BCUT2D eigenvalue weighted by Gasteiger charge is -2.38. The predicted molar refractivity (Wildman–Crippen MR) is 149 cm³/mol. The van der Waals surface area contributed by atoms with E-state index in [1.165, 1.54) is 24.5 Å². The van der Waals surface area contributed by atoms with Gasteiger partial charge in [0.1, 0.15) is 11.6 Å². The van der Waals surface area contributed by atoms with Crippen molar-refractivity contribution in [1.82, 2.24) is 14.9 Å². The summed E-state index contributed by atoms with van der Waals surface area (Å²) in [6.07, 6.45) is 7.69. The van der Waals surface area contributed by atoms with Crippen LogP contribution in [0.2, 0.25) is 0 Å². The van der Waals surface area contributed by atoms with Crippen LogP contribution in [0.25, 0.3) is 0 Å². The summed E-state index contributed by atoms with van der Waals surface area (Å²) in [6.45, 7) is 5.26. The highest BCUT2D eigenvalue weighted by atomic mass is 19.1. The number of likely N-dealkylation sites (tertiary alicyclic amines) is 1. The quantitative estimate of drug-likeness (QED) is 0.359. The summed E-state index contributed by atoms with van der Waals surface area (Å²) < 4.78 is 24.3. The molecule has 2 aromatic rings. The summed E-state index contributed by atoms with van der Waals surface area (Å²) in [5.41, 5.74) is 5.03. The normalized spacial score (nSPS) is 24.1. The van der Waals surface area contributed by atoms with Gasteiger partial charge in [0, 0.05) is 24.6 Å². The molecule has 2 saturated heterocycles. The second-order valence-corrected chi connectivity index (χ2v) is 11.3. The number of hydrogen-bond donors (Lipinski definition) is 1. The first-order chi connectivity index (χ1) is 19.8. The van der Waals surface area contributed by atoms with E-state index < -0.39 is 17.5 Å². The second-order valence-electron chi connectivity index (χ2n) is 11.3. The number of morpholine rings is 1. The Hall–Kier alpha value is -3.44. The van der Waals surface area contributed by atoms with Crippen molar-refractivity contribution >= 4 is 23.5 Å². The summed E-state index contributed by atoms with van der Waals surface area (Å²) in [5, 5.41) is 0. The number of nitrogens with two attached hydrogens (primary N) is 1. The first-order valence-corrected chi connectivity index (χ1v) is 14.5.